The van der Waals surface area contributed by atoms with Gasteiger partial charge in [0.1, 0.15) is 11.4 Å². The van der Waals surface area contributed by atoms with Crippen LogP contribution < -0.4 is 5.43 Å². The third-order valence-corrected chi connectivity index (χ3v) is 6.34. The van der Waals surface area contributed by atoms with Crippen molar-refractivity contribution in [1.29, 1.82) is 0 Å². The molecule has 166 valence electrons. The molecule has 2 aromatic carbocycles. The number of benzene rings is 2. The quantitative estimate of drug-likeness (QED) is 0.583. The van der Waals surface area contributed by atoms with Gasteiger partial charge in [-0.2, -0.15) is 0 Å². The third-order valence-electron chi connectivity index (χ3n) is 6.09. The molecule has 1 fully saturated rings. The second kappa shape index (κ2) is 8.65. The van der Waals surface area contributed by atoms with Crippen LogP contribution in [-0.4, -0.2) is 55.1 Å². The van der Waals surface area contributed by atoms with Gasteiger partial charge in [-0.3, -0.25) is 14.5 Å². The van der Waals surface area contributed by atoms with Crippen molar-refractivity contribution in [2.24, 2.45) is 0 Å². The summed E-state index contributed by atoms with van der Waals surface area (Å²) in [5, 5.41) is 0.690. The van der Waals surface area contributed by atoms with Crippen LogP contribution in [0.3, 0.4) is 0 Å². The van der Waals surface area contributed by atoms with E-state index in [0.717, 1.165) is 37.7 Å². The molecule has 0 aliphatic carbocycles. The Hall–Kier alpha value is -2.74. The lowest BCUT2D eigenvalue weighted by Crippen LogP contribution is -2.38. The number of rotatable bonds is 5. The van der Waals surface area contributed by atoms with Crippen molar-refractivity contribution in [3.63, 3.8) is 0 Å². The van der Waals surface area contributed by atoms with E-state index in [2.05, 4.69) is 4.90 Å². The highest BCUT2D eigenvalue weighted by atomic mass is 35.5. The molecule has 0 bridgehead atoms. The molecule has 1 aromatic heterocycles. The van der Waals surface area contributed by atoms with Gasteiger partial charge in [-0.1, -0.05) is 23.7 Å². The smallest absolute Gasteiger partial charge is 0.290 e. The highest BCUT2D eigenvalue weighted by Crippen LogP contribution is 2.38. The van der Waals surface area contributed by atoms with Gasteiger partial charge in [0.25, 0.3) is 5.91 Å². The largest absolute Gasteiger partial charge is 0.450 e. The van der Waals surface area contributed by atoms with Crippen molar-refractivity contribution < 1.29 is 18.3 Å². The average Bonchev–Trinajstić information content (AvgIpc) is 3.08. The number of morpholine rings is 1. The number of hydrogen-bond acceptors (Lipinski definition) is 5. The van der Waals surface area contributed by atoms with Crippen LogP contribution in [0.25, 0.3) is 11.0 Å². The lowest BCUT2D eigenvalue weighted by Gasteiger charge is -2.29. The Kier molecular flexibility index (Phi) is 5.71. The van der Waals surface area contributed by atoms with E-state index in [0.29, 0.717) is 24.8 Å². The van der Waals surface area contributed by atoms with Crippen molar-refractivity contribution in [3.05, 3.63) is 80.4 Å². The lowest BCUT2D eigenvalue weighted by atomic mass is 9.98. The molecule has 6 nitrogen and oxygen atoms in total. The van der Waals surface area contributed by atoms with Crippen LogP contribution in [0.2, 0.25) is 5.02 Å². The van der Waals surface area contributed by atoms with Gasteiger partial charge < -0.3 is 14.1 Å². The molecule has 2 aliphatic rings. The van der Waals surface area contributed by atoms with Crippen LogP contribution in [0.1, 0.15) is 34.1 Å². The molecule has 1 saturated heterocycles. The van der Waals surface area contributed by atoms with E-state index in [1.54, 1.807) is 29.2 Å². The van der Waals surface area contributed by atoms with Gasteiger partial charge in [0.2, 0.25) is 5.76 Å². The van der Waals surface area contributed by atoms with Gasteiger partial charge in [0.15, 0.2) is 5.43 Å². The van der Waals surface area contributed by atoms with Crippen LogP contribution in [0.5, 0.6) is 0 Å². The molecular formula is C24H22ClFN2O4. The first-order valence-electron chi connectivity index (χ1n) is 10.7. The van der Waals surface area contributed by atoms with Gasteiger partial charge in [-0.05, 0) is 42.3 Å². The number of carbonyl (C=O) groups is 1. The fraction of sp³-hybridized carbons (Fsp3) is 0.333. The van der Waals surface area contributed by atoms with Gasteiger partial charge in [-0.25, -0.2) is 4.39 Å². The van der Waals surface area contributed by atoms with Crippen molar-refractivity contribution in [2.45, 2.75) is 12.5 Å². The Morgan fingerprint density at radius 2 is 1.78 bits per heavy atom. The molecule has 0 N–H and O–H groups in total. The predicted molar refractivity (Wildman–Crippen MR) is 119 cm³/mol. The second-order valence-corrected chi connectivity index (χ2v) is 8.51. The first-order valence-corrected chi connectivity index (χ1v) is 11.0. The molecule has 0 saturated carbocycles. The number of hydrogen-bond donors (Lipinski definition) is 0. The van der Waals surface area contributed by atoms with E-state index in [9.17, 15) is 14.0 Å². The Morgan fingerprint density at radius 3 is 2.53 bits per heavy atom. The van der Waals surface area contributed by atoms with Crippen molar-refractivity contribution in [3.8, 4) is 0 Å². The molecule has 1 unspecified atom stereocenters. The predicted octanol–water partition coefficient (Wildman–Crippen LogP) is 3.85. The molecule has 1 amide bonds. The Labute approximate surface area is 189 Å². The molecular weight excluding hydrogens is 435 g/mol. The Balaban J connectivity index is 1.53. The maximum absolute atomic E-state index is 13.8. The van der Waals surface area contributed by atoms with E-state index in [1.807, 2.05) is 0 Å². The standard InChI is InChI=1S/C24H22ClFN2O4/c25-16-4-2-15(3-5-16)21-20-22(29)18-14-17(26)6-7-19(18)32-23(20)24(30)28(21)9-1-8-27-10-12-31-13-11-27/h2-7,14,21H,1,8-13H2. The minimum Gasteiger partial charge on any atom is -0.450 e. The molecule has 5 rings (SSSR count). The van der Waals surface area contributed by atoms with Crippen LogP contribution in [0, 0.1) is 5.82 Å². The summed E-state index contributed by atoms with van der Waals surface area (Å²) in [6.45, 7) is 4.44. The molecule has 0 radical (unpaired) electrons. The first-order chi connectivity index (χ1) is 15.5. The summed E-state index contributed by atoms with van der Waals surface area (Å²) >= 11 is 6.06. The number of halogens is 2. The monoisotopic (exact) mass is 456 g/mol. The highest BCUT2D eigenvalue weighted by molar-refractivity contribution is 6.30. The van der Waals surface area contributed by atoms with E-state index >= 15 is 0 Å². The van der Waals surface area contributed by atoms with Crippen LogP contribution in [0.15, 0.2) is 51.7 Å². The van der Waals surface area contributed by atoms with Crippen LogP contribution in [0.4, 0.5) is 4.39 Å². The average molecular weight is 457 g/mol. The number of ether oxygens (including phenoxy) is 1. The third kappa shape index (κ3) is 3.81. The van der Waals surface area contributed by atoms with Crippen molar-refractivity contribution in [1.82, 2.24) is 9.80 Å². The summed E-state index contributed by atoms with van der Waals surface area (Å²) in [4.78, 5) is 30.7. The van der Waals surface area contributed by atoms with Crippen molar-refractivity contribution in [2.75, 3.05) is 39.4 Å². The van der Waals surface area contributed by atoms with E-state index in [4.69, 9.17) is 20.8 Å². The van der Waals surface area contributed by atoms with Crippen LogP contribution >= 0.6 is 11.6 Å². The normalized spacial score (nSPS) is 19.0. The summed E-state index contributed by atoms with van der Waals surface area (Å²) in [5.74, 6) is -0.829. The van der Waals surface area contributed by atoms with Crippen molar-refractivity contribution >= 4 is 28.5 Å². The molecule has 32 heavy (non-hydrogen) atoms. The van der Waals surface area contributed by atoms with E-state index in [1.165, 1.54) is 12.1 Å². The fourth-order valence-corrected chi connectivity index (χ4v) is 4.63. The molecule has 0 spiro atoms. The Bertz CT molecular complexity index is 1220. The summed E-state index contributed by atoms with van der Waals surface area (Å²) in [6.07, 6.45) is 0.742. The van der Waals surface area contributed by atoms with E-state index in [-0.39, 0.29) is 33.6 Å². The number of nitrogens with zero attached hydrogens (tertiary/aromatic N) is 2. The van der Waals surface area contributed by atoms with Gasteiger partial charge >= 0.3 is 0 Å². The zero-order valence-electron chi connectivity index (χ0n) is 17.4. The Morgan fingerprint density at radius 1 is 1.03 bits per heavy atom. The lowest BCUT2D eigenvalue weighted by molar-refractivity contribution is 0.0353. The highest BCUT2D eigenvalue weighted by Gasteiger charge is 2.42. The zero-order valence-corrected chi connectivity index (χ0v) is 18.1. The maximum Gasteiger partial charge on any atom is 0.290 e. The molecule has 3 heterocycles. The summed E-state index contributed by atoms with van der Waals surface area (Å²) in [5.41, 5.74) is 0.830. The minimum atomic E-state index is -0.608. The topological polar surface area (TPSA) is 63.0 Å². The summed E-state index contributed by atoms with van der Waals surface area (Å²) in [6, 6.07) is 10.2. The SMILES string of the molecule is O=C1c2oc3ccc(F)cc3c(=O)c2C(c2ccc(Cl)cc2)N1CCCN1CCOCC1. The number of carbonyl (C=O) groups excluding carboxylic acids is 1. The van der Waals surface area contributed by atoms with Crippen LogP contribution in [-0.2, 0) is 4.74 Å². The fourth-order valence-electron chi connectivity index (χ4n) is 4.50. The molecule has 1 atom stereocenters. The molecule has 3 aromatic rings. The minimum absolute atomic E-state index is 0.0282. The maximum atomic E-state index is 13.8. The zero-order chi connectivity index (χ0) is 22.2. The number of amides is 1. The first kappa shape index (κ1) is 21.1. The van der Waals surface area contributed by atoms with Gasteiger partial charge in [0, 0.05) is 31.2 Å². The second-order valence-electron chi connectivity index (χ2n) is 8.07. The molecule has 8 heteroatoms. The summed E-state index contributed by atoms with van der Waals surface area (Å²) in [7, 11) is 0. The van der Waals surface area contributed by atoms with E-state index < -0.39 is 11.9 Å². The summed E-state index contributed by atoms with van der Waals surface area (Å²) < 4.78 is 25.1. The molecule has 2 aliphatic heterocycles. The van der Waals surface area contributed by atoms with Gasteiger partial charge in [0.05, 0.1) is 30.2 Å². The van der Waals surface area contributed by atoms with Gasteiger partial charge in [-0.15, -0.1) is 0 Å². The number of fused-ring (bicyclic) bond motifs is 2.